The summed E-state index contributed by atoms with van der Waals surface area (Å²) in [5, 5.41) is 0. The number of likely N-dealkylation sites (N-methyl/N-ethyl adjacent to an activating group) is 1. The quantitative estimate of drug-likeness (QED) is 0.800. The molecule has 1 aromatic heterocycles. The van der Waals surface area contributed by atoms with Gasteiger partial charge in [-0.15, -0.1) is 11.3 Å². The molecular formula is C10H14ClNO2S. The van der Waals surface area contributed by atoms with E-state index >= 15 is 0 Å². The first-order valence-corrected chi connectivity index (χ1v) is 5.87. The van der Waals surface area contributed by atoms with E-state index in [0.29, 0.717) is 13.1 Å². The van der Waals surface area contributed by atoms with Crippen LogP contribution < -0.4 is 0 Å². The molecule has 0 aliphatic heterocycles. The maximum atomic E-state index is 11.6. The summed E-state index contributed by atoms with van der Waals surface area (Å²) in [7, 11) is 1.52. The molecule has 1 heterocycles. The van der Waals surface area contributed by atoms with Crippen LogP contribution in [-0.2, 0) is 16.1 Å². The topological polar surface area (TPSA) is 29.5 Å². The minimum Gasteiger partial charge on any atom is -0.375 e. The number of hydrogen-bond donors (Lipinski definition) is 0. The molecule has 0 aliphatic rings. The zero-order chi connectivity index (χ0) is 11.3. The Morgan fingerprint density at radius 1 is 1.60 bits per heavy atom. The first kappa shape index (κ1) is 12.5. The zero-order valence-electron chi connectivity index (χ0n) is 8.83. The van der Waals surface area contributed by atoms with Gasteiger partial charge in [-0.2, -0.15) is 0 Å². The van der Waals surface area contributed by atoms with Crippen LogP contribution in [0.3, 0.4) is 0 Å². The minimum absolute atomic E-state index is 0.00419. The molecule has 0 atom stereocenters. The maximum absolute atomic E-state index is 11.6. The lowest BCUT2D eigenvalue weighted by molar-refractivity contribution is -0.135. The van der Waals surface area contributed by atoms with E-state index in [0.717, 1.165) is 9.21 Å². The lowest BCUT2D eigenvalue weighted by Gasteiger charge is -2.19. The van der Waals surface area contributed by atoms with Crippen LogP contribution in [0.5, 0.6) is 0 Å². The third kappa shape index (κ3) is 3.81. The van der Waals surface area contributed by atoms with E-state index in [2.05, 4.69) is 0 Å². The third-order valence-corrected chi connectivity index (χ3v) is 3.19. The highest BCUT2D eigenvalue weighted by molar-refractivity contribution is 7.16. The molecule has 5 heteroatoms. The molecule has 0 spiro atoms. The number of nitrogens with zero attached hydrogens (tertiary/aromatic N) is 1. The number of carbonyl (C=O) groups excluding carboxylic acids is 1. The summed E-state index contributed by atoms with van der Waals surface area (Å²) in [5.74, 6) is 0.00419. The van der Waals surface area contributed by atoms with Crippen LogP contribution in [0, 0.1) is 0 Å². The number of thiophene rings is 1. The van der Waals surface area contributed by atoms with Gasteiger partial charge in [-0.05, 0) is 19.1 Å². The summed E-state index contributed by atoms with van der Waals surface area (Å²) >= 11 is 7.32. The standard InChI is InChI=1S/C10H14ClNO2S/c1-3-12(10(13)7-14-2)6-8-4-5-9(11)15-8/h4-5H,3,6-7H2,1-2H3. The van der Waals surface area contributed by atoms with Gasteiger partial charge in [0.05, 0.1) is 10.9 Å². The highest BCUT2D eigenvalue weighted by Gasteiger charge is 2.12. The minimum atomic E-state index is 0.00419. The fourth-order valence-electron chi connectivity index (χ4n) is 1.22. The van der Waals surface area contributed by atoms with Crippen molar-refractivity contribution in [3.63, 3.8) is 0 Å². The summed E-state index contributed by atoms with van der Waals surface area (Å²) in [5.41, 5.74) is 0. The van der Waals surface area contributed by atoms with E-state index in [1.165, 1.54) is 18.4 Å². The summed E-state index contributed by atoms with van der Waals surface area (Å²) in [6.07, 6.45) is 0. The fourth-order valence-corrected chi connectivity index (χ4v) is 2.32. The average molecular weight is 248 g/mol. The van der Waals surface area contributed by atoms with E-state index in [1.54, 1.807) is 4.90 Å². The SMILES string of the molecule is CCN(Cc1ccc(Cl)s1)C(=O)COC. The number of rotatable bonds is 5. The fraction of sp³-hybridized carbons (Fsp3) is 0.500. The Kier molecular flexibility index (Phi) is 5.08. The van der Waals surface area contributed by atoms with E-state index < -0.39 is 0 Å². The normalized spacial score (nSPS) is 10.3. The van der Waals surface area contributed by atoms with Gasteiger partial charge in [-0.1, -0.05) is 11.6 Å². The van der Waals surface area contributed by atoms with Gasteiger partial charge in [0, 0.05) is 18.5 Å². The molecule has 0 N–H and O–H groups in total. The summed E-state index contributed by atoms with van der Waals surface area (Å²) in [6, 6.07) is 3.78. The van der Waals surface area contributed by atoms with Gasteiger partial charge in [-0.25, -0.2) is 0 Å². The predicted molar refractivity (Wildman–Crippen MR) is 62.3 cm³/mol. The molecule has 0 radical (unpaired) electrons. The second kappa shape index (κ2) is 6.10. The van der Waals surface area contributed by atoms with Crippen LogP contribution in [0.1, 0.15) is 11.8 Å². The lowest BCUT2D eigenvalue weighted by atomic mass is 10.4. The molecule has 1 amide bonds. The van der Waals surface area contributed by atoms with Crippen LogP contribution in [0.4, 0.5) is 0 Å². The summed E-state index contributed by atoms with van der Waals surface area (Å²) < 4.78 is 5.57. The Morgan fingerprint density at radius 2 is 2.33 bits per heavy atom. The van der Waals surface area contributed by atoms with Crippen molar-refractivity contribution in [2.75, 3.05) is 20.3 Å². The number of hydrogen-bond acceptors (Lipinski definition) is 3. The smallest absolute Gasteiger partial charge is 0.248 e. The van der Waals surface area contributed by atoms with E-state index in [-0.39, 0.29) is 12.5 Å². The molecule has 0 bridgehead atoms. The van der Waals surface area contributed by atoms with Crippen LogP contribution in [0.2, 0.25) is 4.34 Å². The van der Waals surface area contributed by atoms with Crippen molar-refractivity contribution in [1.82, 2.24) is 4.90 Å². The van der Waals surface area contributed by atoms with Crippen LogP contribution in [0.15, 0.2) is 12.1 Å². The van der Waals surface area contributed by atoms with Crippen molar-refractivity contribution < 1.29 is 9.53 Å². The van der Waals surface area contributed by atoms with Gasteiger partial charge < -0.3 is 9.64 Å². The average Bonchev–Trinajstić information content (AvgIpc) is 2.61. The Labute approximate surface area is 98.6 Å². The van der Waals surface area contributed by atoms with Crippen molar-refractivity contribution in [1.29, 1.82) is 0 Å². The first-order chi connectivity index (χ1) is 7.17. The van der Waals surface area contributed by atoms with Gasteiger partial charge in [0.15, 0.2) is 0 Å². The van der Waals surface area contributed by atoms with Crippen molar-refractivity contribution in [3.05, 3.63) is 21.3 Å². The first-order valence-electron chi connectivity index (χ1n) is 4.68. The Balaban J connectivity index is 2.57. The number of ether oxygens (including phenoxy) is 1. The van der Waals surface area contributed by atoms with E-state index in [9.17, 15) is 4.79 Å². The Hall–Kier alpha value is -0.580. The molecule has 0 aromatic carbocycles. The van der Waals surface area contributed by atoms with Crippen molar-refractivity contribution in [3.8, 4) is 0 Å². The zero-order valence-corrected chi connectivity index (χ0v) is 10.4. The van der Waals surface area contributed by atoms with Crippen LogP contribution in [-0.4, -0.2) is 31.1 Å². The van der Waals surface area contributed by atoms with Crippen molar-refractivity contribution >= 4 is 28.8 Å². The second-order valence-electron chi connectivity index (χ2n) is 3.05. The van der Waals surface area contributed by atoms with Crippen molar-refractivity contribution in [2.24, 2.45) is 0 Å². The van der Waals surface area contributed by atoms with Gasteiger partial charge in [0.25, 0.3) is 0 Å². The molecule has 0 saturated heterocycles. The molecule has 0 saturated carbocycles. The molecule has 84 valence electrons. The second-order valence-corrected chi connectivity index (χ2v) is 4.85. The van der Waals surface area contributed by atoms with Gasteiger partial charge in [-0.3, -0.25) is 4.79 Å². The van der Waals surface area contributed by atoms with Crippen molar-refractivity contribution in [2.45, 2.75) is 13.5 Å². The number of amides is 1. The molecule has 0 aliphatic carbocycles. The number of carbonyl (C=O) groups is 1. The predicted octanol–water partition coefficient (Wildman–Crippen LogP) is 2.40. The Bertz CT molecular complexity index is 327. The molecule has 0 fully saturated rings. The highest BCUT2D eigenvalue weighted by atomic mass is 35.5. The largest absolute Gasteiger partial charge is 0.375 e. The van der Waals surface area contributed by atoms with Crippen LogP contribution in [0.25, 0.3) is 0 Å². The van der Waals surface area contributed by atoms with Gasteiger partial charge in [0.2, 0.25) is 5.91 Å². The summed E-state index contributed by atoms with van der Waals surface area (Å²) in [4.78, 5) is 14.4. The van der Waals surface area contributed by atoms with Gasteiger partial charge in [0.1, 0.15) is 6.61 Å². The van der Waals surface area contributed by atoms with Gasteiger partial charge >= 0.3 is 0 Å². The van der Waals surface area contributed by atoms with E-state index in [4.69, 9.17) is 16.3 Å². The maximum Gasteiger partial charge on any atom is 0.248 e. The Morgan fingerprint density at radius 3 is 2.80 bits per heavy atom. The summed E-state index contributed by atoms with van der Waals surface area (Å²) in [6.45, 7) is 3.36. The molecular weight excluding hydrogens is 234 g/mol. The molecule has 15 heavy (non-hydrogen) atoms. The van der Waals surface area contributed by atoms with Crippen LogP contribution >= 0.6 is 22.9 Å². The monoisotopic (exact) mass is 247 g/mol. The third-order valence-electron chi connectivity index (χ3n) is 1.98. The number of halogens is 1. The molecule has 1 rings (SSSR count). The molecule has 1 aromatic rings. The highest BCUT2D eigenvalue weighted by Crippen LogP contribution is 2.22. The molecule has 3 nitrogen and oxygen atoms in total. The number of methoxy groups -OCH3 is 1. The van der Waals surface area contributed by atoms with E-state index in [1.807, 2.05) is 19.1 Å². The molecule has 0 unspecified atom stereocenters. The lowest BCUT2D eigenvalue weighted by Crippen LogP contribution is -2.32.